The third-order valence-corrected chi connectivity index (χ3v) is 5.88. The van der Waals surface area contributed by atoms with E-state index in [1.54, 1.807) is 6.92 Å². The van der Waals surface area contributed by atoms with E-state index in [2.05, 4.69) is 0 Å². The van der Waals surface area contributed by atoms with Crippen LogP contribution in [0.3, 0.4) is 0 Å². The summed E-state index contributed by atoms with van der Waals surface area (Å²) >= 11 is 5.86. The highest BCUT2D eigenvalue weighted by Gasteiger charge is 2.39. The van der Waals surface area contributed by atoms with Gasteiger partial charge in [-0.3, -0.25) is 4.79 Å². The topological polar surface area (TPSA) is 63.7 Å². The van der Waals surface area contributed by atoms with Crippen LogP contribution in [-0.2, 0) is 19.6 Å². The maximum absolute atomic E-state index is 13.1. The zero-order chi connectivity index (χ0) is 16.3. The molecule has 1 atom stereocenters. The molecule has 1 aromatic carbocycles. The molecule has 1 saturated heterocycles. The molecule has 1 heterocycles. The molecule has 1 aromatic rings. The lowest BCUT2D eigenvalue weighted by molar-refractivity contribution is -0.148. The van der Waals surface area contributed by atoms with Crippen molar-refractivity contribution in [3.8, 4) is 0 Å². The summed E-state index contributed by atoms with van der Waals surface area (Å²) in [5, 5.41) is -0.201. The summed E-state index contributed by atoms with van der Waals surface area (Å²) in [6.45, 7) is 2.05. The minimum absolute atomic E-state index is 0.181. The molecule has 0 N–H and O–H groups in total. The Hall–Kier alpha value is -1.18. The second kappa shape index (κ2) is 6.93. The van der Waals surface area contributed by atoms with Crippen molar-refractivity contribution < 1.29 is 22.3 Å². The van der Waals surface area contributed by atoms with Gasteiger partial charge in [0.1, 0.15) is 16.8 Å². The molecule has 0 radical (unpaired) electrons. The lowest BCUT2D eigenvalue weighted by Gasteiger charge is -2.33. The van der Waals surface area contributed by atoms with E-state index in [0.29, 0.717) is 12.8 Å². The highest BCUT2D eigenvalue weighted by molar-refractivity contribution is 7.89. The molecular weight excluding hydrogens is 333 g/mol. The number of carbonyl (C=O) groups is 1. The number of esters is 1. The van der Waals surface area contributed by atoms with Gasteiger partial charge in [-0.05, 0) is 44.4 Å². The van der Waals surface area contributed by atoms with Gasteiger partial charge in [-0.25, -0.2) is 12.8 Å². The first kappa shape index (κ1) is 17.2. The van der Waals surface area contributed by atoms with Crippen LogP contribution in [0.4, 0.5) is 4.39 Å². The number of ether oxygens (including phenoxy) is 1. The SMILES string of the molecule is CCOC(=O)[C@@H]1CCCCN1S(=O)(=O)c1ccc(F)cc1Cl. The fourth-order valence-electron chi connectivity index (χ4n) is 2.48. The highest BCUT2D eigenvalue weighted by atomic mass is 35.5. The summed E-state index contributed by atoms with van der Waals surface area (Å²) in [6.07, 6.45) is 1.79. The quantitative estimate of drug-likeness (QED) is 0.784. The average Bonchev–Trinajstić information content (AvgIpc) is 2.47. The van der Waals surface area contributed by atoms with Crippen molar-refractivity contribution in [3.05, 3.63) is 29.0 Å². The number of carbonyl (C=O) groups excluding carboxylic acids is 1. The summed E-state index contributed by atoms with van der Waals surface area (Å²) in [5.74, 6) is -1.19. The van der Waals surface area contributed by atoms with E-state index in [9.17, 15) is 17.6 Å². The second-order valence-corrected chi connectivity index (χ2v) is 7.22. The number of benzene rings is 1. The fourth-order valence-corrected chi connectivity index (χ4v) is 4.63. The Balaban J connectivity index is 2.38. The smallest absolute Gasteiger partial charge is 0.324 e. The molecule has 2 rings (SSSR count). The Kier molecular flexibility index (Phi) is 5.41. The van der Waals surface area contributed by atoms with E-state index < -0.39 is 27.9 Å². The first-order chi connectivity index (χ1) is 10.4. The van der Waals surface area contributed by atoms with Gasteiger partial charge in [0.15, 0.2) is 0 Å². The van der Waals surface area contributed by atoms with E-state index >= 15 is 0 Å². The van der Waals surface area contributed by atoms with Gasteiger partial charge < -0.3 is 4.74 Å². The van der Waals surface area contributed by atoms with Crippen LogP contribution >= 0.6 is 11.6 Å². The van der Waals surface area contributed by atoms with Crippen molar-refractivity contribution in [2.45, 2.75) is 37.1 Å². The number of piperidine rings is 1. The minimum atomic E-state index is -3.99. The lowest BCUT2D eigenvalue weighted by atomic mass is 10.1. The summed E-state index contributed by atoms with van der Waals surface area (Å²) in [5.41, 5.74) is 0. The Morgan fingerprint density at radius 2 is 2.18 bits per heavy atom. The monoisotopic (exact) mass is 349 g/mol. The van der Waals surface area contributed by atoms with E-state index in [4.69, 9.17) is 16.3 Å². The molecule has 0 unspecified atom stereocenters. The first-order valence-electron chi connectivity index (χ1n) is 7.01. The van der Waals surface area contributed by atoms with Crippen molar-refractivity contribution >= 4 is 27.6 Å². The third-order valence-electron chi connectivity index (χ3n) is 3.49. The fraction of sp³-hybridized carbons (Fsp3) is 0.500. The number of nitrogens with zero attached hydrogens (tertiary/aromatic N) is 1. The Morgan fingerprint density at radius 1 is 1.45 bits per heavy atom. The van der Waals surface area contributed by atoms with Crippen LogP contribution in [0.25, 0.3) is 0 Å². The molecule has 122 valence electrons. The van der Waals surface area contributed by atoms with Gasteiger partial charge in [0.2, 0.25) is 10.0 Å². The van der Waals surface area contributed by atoms with Gasteiger partial charge in [0, 0.05) is 6.54 Å². The Bertz CT molecular complexity index is 665. The number of rotatable bonds is 4. The van der Waals surface area contributed by atoms with Crippen molar-refractivity contribution in [3.63, 3.8) is 0 Å². The molecule has 22 heavy (non-hydrogen) atoms. The van der Waals surface area contributed by atoms with Crippen molar-refractivity contribution in [2.24, 2.45) is 0 Å². The molecule has 1 fully saturated rings. The summed E-state index contributed by atoms with van der Waals surface area (Å²) < 4.78 is 44.7. The molecule has 0 amide bonds. The zero-order valence-electron chi connectivity index (χ0n) is 12.1. The average molecular weight is 350 g/mol. The van der Waals surface area contributed by atoms with Gasteiger partial charge in [-0.1, -0.05) is 11.6 Å². The number of sulfonamides is 1. The molecule has 0 aromatic heterocycles. The maximum Gasteiger partial charge on any atom is 0.324 e. The van der Waals surface area contributed by atoms with Gasteiger partial charge in [0.05, 0.1) is 11.6 Å². The van der Waals surface area contributed by atoms with Crippen molar-refractivity contribution in [1.82, 2.24) is 4.31 Å². The van der Waals surface area contributed by atoms with Crippen LogP contribution < -0.4 is 0 Å². The van der Waals surface area contributed by atoms with Crippen LogP contribution in [0.1, 0.15) is 26.2 Å². The highest BCUT2D eigenvalue weighted by Crippen LogP contribution is 2.30. The van der Waals surface area contributed by atoms with Gasteiger partial charge in [-0.2, -0.15) is 4.31 Å². The van der Waals surface area contributed by atoms with Gasteiger partial charge in [-0.15, -0.1) is 0 Å². The summed E-state index contributed by atoms with van der Waals surface area (Å²) in [6, 6.07) is 2.23. The van der Waals surface area contributed by atoms with E-state index in [0.717, 1.165) is 28.9 Å². The molecule has 0 bridgehead atoms. The summed E-state index contributed by atoms with van der Waals surface area (Å²) in [7, 11) is -3.99. The third kappa shape index (κ3) is 3.42. The molecule has 0 spiro atoms. The van der Waals surface area contributed by atoms with Gasteiger partial charge in [0.25, 0.3) is 0 Å². The normalized spacial score (nSPS) is 19.9. The van der Waals surface area contributed by atoms with Crippen LogP contribution in [-0.4, -0.2) is 37.9 Å². The van der Waals surface area contributed by atoms with E-state index in [1.807, 2.05) is 0 Å². The minimum Gasteiger partial charge on any atom is -0.465 e. The largest absolute Gasteiger partial charge is 0.465 e. The van der Waals surface area contributed by atoms with Crippen LogP contribution in [0.15, 0.2) is 23.1 Å². The molecule has 5 nitrogen and oxygen atoms in total. The Morgan fingerprint density at radius 3 is 2.82 bits per heavy atom. The van der Waals surface area contributed by atoms with E-state index in [-0.39, 0.29) is 23.1 Å². The first-order valence-corrected chi connectivity index (χ1v) is 8.83. The van der Waals surface area contributed by atoms with Gasteiger partial charge >= 0.3 is 5.97 Å². The van der Waals surface area contributed by atoms with Crippen LogP contribution in [0.5, 0.6) is 0 Å². The molecule has 0 saturated carbocycles. The standard InChI is InChI=1S/C14H17ClFNO4S/c1-2-21-14(18)12-5-3-4-8-17(12)22(19,20)13-7-6-10(16)9-11(13)15/h6-7,9,12H,2-5,8H2,1H3/t12-/m0/s1. The van der Waals surface area contributed by atoms with Crippen molar-refractivity contribution in [1.29, 1.82) is 0 Å². The molecule has 1 aliphatic rings. The molecular formula is C14H17ClFNO4S. The molecule has 1 aliphatic heterocycles. The Labute approximate surface area is 134 Å². The zero-order valence-corrected chi connectivity index (χ0v) is 13.7. The number of hydrogen-bond donors (Lipinski definition) is 0. The predicted molar refractivity (Wildman–Crippen MR) is 79.6 cm³/mol. The maximum atomic E-state index is 13.1. The predicted octanol–water partition coefficient (Wildman–Crippen LogP) is 2.59. The summed E-state index contributed by atoms with van der Waals surface area (Å²) in [4.78, 5) is 11.8. The van der Waals surface area contributed by atoms with E-state index in [1.165, 1.54) is 0 Å². The lowest BCUT2D eigenvalue weighted by Crippen LogP contribution is -2.48. The van der Waals surface area contributed by atoms with Crippen molar-refractivity contribution in [2.75, 3.05) is 13.2 Å². The number of hydrogen-bond acceptors (Lipinski definition) is 4. The molecule has 0 aliphatic carbocycles. The second-order valence-electron chi connectivity index (χ2n) is 4.95. The molecule has 8 heteroatoms. The van der Waals surface area contributed by atoms with Crippen LogP contribution in [0.2, 0.25) is 5.02 Å². The van der Waals surface area contributed by atoms with Crippen LogP contribution in [0, 0.1) is 5.82 Å². The number of halogens is 2.